The number of benzene rings is 1. The third kappa shape index (κ3) is 4.72. The molecule has 1 saturated heterocycles. The van der Waals surface area contributed by atoms with Gasteiger partial charge in [0.25, 0.3) is 0 Å². The van der Waals surface area contributed by atoms with Gasteiger partial charge in [0.15, 0.2) is 0 Å². The van der Waals surface area contributed by atoms with Crippen molar-refractivity contribution in [2.75, 3.05) is 31.1 Å². The first-order chi connectivity index (χ1) is 10.2. The molecule has 0 aliphatic carbocycles. The summed E-state index contributed by atoms with van der Waals surface area (Å²) < 4.78 is 5.73. The van der Waals surface area contributed by atoms with Gasteiger partial charge in [-0.15, -0.1) is 0 Å². The van der Waals surface area contributed by atoms with Gasteiger partial charge in [0.1, 0.15) is 0 Å². The van der Waals surface area contributed by atoms with Gasteiger partial charge in [-0.2, -0.15) is 0 Å². The maximum atomic E-state index is 5.73. The summed E-state index contributed by atoms with van der Waals surface area (Å²) in [4.78, 5) is 2.45. The van der Waals surface area contributed by atoms with Crippen LogP contribution in [0.25, 0.3) is 0 Å². The van der Waals surface area contributed by atoms with Crippen LogP contribution in [0.4, 0.5) is 5.69 Å². The van der Waals surface area contributed by atoms with E-state index < -0.39 is 0 Å². The standard InChI is InChI=1S/C18H30N2O/c1-4-11-19-18(5-2)16-7-9-17(10-8-16)20-12-6-13-21-15(3)14-20/h7-10,15,18-19H,4-6,11-14H2,1-3H3. The van der Waals surface area contributed by atoms with E-state index >= 15 is 0 Å². The molecule has 0 saturated carbocycles. The Labute approximate surface area is 129 Å². The first-order valence-electron chi connectivity index (χ1n) is 8.44. The number of hydrogen-bond acceptors (Lipinski definition) is 3. The van der Waals surface area contributed by atoms with E-state index in [0.29, 0.717) is 12.1 Å². The molecule has 2 atom stereocenters. The van der Waals surface area contributed by atoms with Gasteiger partial charge in [-0.1, -0.05) is 26.0 Å². The predicted octanol–water partition coefficient (Wildman–Crippen LogP) is 3.75. The van der Waals surface area contributed by atoms with E-state index in [2.05, 4.69) is 55.3 Å². The Balaban J connectivity index is 2.03. The zero-order valence-corrected chi connectivity index (χ0v) is 13.8. The van der Waals surface area contributed by atoms with E-state index in [-0.39, 0.29) is 0 Å². The van der Waals surface area contributed by atoms with Gasteiger partial charge in [0, 0.05) is 31.4 Å². The zero-order chi connectivity index (χ0) is 15.1. The van der Waals surface area contributed by atoms with E-state index in [1.807, 2.05) is 0 Å². The minimum Gasteiger partial charge on any atom is -0.377 e. The molecule has 1 fully saturated rings. The van der Waals surface area contributed by atoms with Crippen LogP contribution in [0.5, 0.6) is 0 Å². The lowest BCUT2D eigenvalue weighted by atomic mass is 10.0. The van der Waals surface area contributed by atoms with E-state index in [4.69, 9.17) is 4.74 Å². The van der Waals surface area contributed by atoms with Crippen molar-refractivity contribution in [2.24, 2.45) is 0 Å². The first-order valence-corrected chi connectivity index (χ1v) is 8.44. The first kappa shape index (κ1) is 16.3. The van der Waals surface area contributed by atoms with Crippen molar-refractivity contribution in [2.45, 2.75) is 52.2 Å². The van der Waals surface area contributed by atoms with Crippen LogP contribution >= 0.6 is 0 Å². The monoisotopic (exact) mass is 290 g/mol. The smallest absolute Gasteiger partial charge is 0.0721 e. The second kappa shape index (κ2) is 8.40. The average Bonchev–Trinajstić information content (AvgIpc) is 2.73. The summed E-state index contributed by atoms with van der Waals surface area (Å²) >= 11 is 0. The fraction of sp³-hybridized carbons (Fsp3) is 0.667. The van der Waals surface area contributed by atoms with Gasteiger partial charge in [0.05, 0.1) is 6.10 Å². The molecule has 0 spiro atoms. The molecular weight excluding hydrogens is 260 g/mol. The van der Waals surface area contributed by atoms with Crippen LogP contribution in [-0.4, -0.2) is 32.3 Å². The van der Waals surface area contributed by atoms with Gasteiger partial charge in [-0.05, 0) is 50.4 Å². The Hall–Kier alpha value is -1.06. The zero-order valence-electron chi connectivity index (χ0n) is 13.8. The molecule has 1 aliphatic rings. The van der Waals surface area contributed by atoms with E-state index in [1.165, 1.54) is 17.7 Å². The van der Waals surface area contributed by atoms with E-state index in [0.717, 1.165) is 39.1 Å². The molecule has 0 radical (unpaired) electrons. The molecule has 2 rings (SSSR count). The number of ether oxygens (including phenoxy) is 1. The molecule has 1 heterocycles. The van der Waals surface area contributed by atoms with Gasteiger partial charge in [0.2, 0.25) is 0 Å². The lowest BCUT2D eigenvalue weighted by molar-refractivity contribution is 0.0821. The van der Waals surface area contributed by atoms with Crippen molar-refractivity contribution in [1.82, 2.24) is 5.32 Å². The van der Waals surface area contributed by atoms with Crippen LogP contribution in [0.2, 0.25) is 0 Å². The molecule has 1 aromatic carbocycles. The summed E-state index contributed by atoms with van der Waals surface area (Å²) in [6.07, 6.45) is 3.75. The molecule has 118 valence electrons. The van der Waals surface area contributed by atoms with Gasteiger partial charge in [-0.3, -0.25) is 0 Å². The SMILES string of the molecule is CCCNC(CC)c1ccc(N2CCCOC(C)C2)cc1. The maximum Gasteiger partial charge on any atom is 0.0721 e. The van der Waals surface area contributed by atoms with Crippen molar-refractivity contribution in [3.8, 4) is 0 Å². The van der Waals surface area contributed by atoms with Crippen LogP contribution in [0.3, 0.4) is 0 Å². The fourth-order valence-corrected chi connectivity index (χ4v) is 2.96. The Morgan fingerprint density at radius 2 is 2.05 bits per heavy atom. The highest BCUT2D eigenvalue weighted by atomic mass is 16.5. The fourth-order valence-electron chi connectivity index (χ4n) is 2.96. The molecule has 21 heavy (non-hydrogen) atoms. The molecular formula is C18H30N2O. The highest BCUT2D eigenvalue weighted by Gasteiger charge is 2.16. The van der Waals surface area contributed by atoms with Crippen molar-refractivity contribution >= 4 is 5.69 Å². The van der Waals surface area contributed by atoms with Crippen LogP contribution < -0.4 is 10.2 Å². The highest BCUT2D eigenvalue weighted by molar-refractivity contribution is 5.48. The highest BCUT2D eigenvalue weighted by Crippen LogP contribution is 2.22. The average molecular weight is 290 g/mol. The number of nitrogens with one attached hydrogen (secondary N) is 1. The Morgan fingerprint density at radius 1 is 1.29 bits per heavy atom. The Kier molecular flexibility index (Phi) is 6.52. The summed E-state index contributed by atoms with van der Waals surface area (Å²) in [6.45, 7) is 10.7. The second-order valence-corrected chi connectivity index (χ2v) is 5.99. The van der Waals surface area contributed by atoms with Crippen molar-refractivity contribution in [3.63, 3.8) is 0 Å². The summed E-state index contributed by atoms with van der Waals surface area (Å²) in [5.74, 6) is 0. The quantitative estimate of drug-likeness (QED) is 0.863. The van der Waals surface area contributed by atoms with Crippen LogP contribution in [-0.2, 0) is 4.74 Å². The normalized spacial score (nSPS) is 21.1. The lowest BCUT2D eigenvalue weighted by Gasteiger charge is -2.25. The number of nitrogens with zero attached hydrogens (tertiary/aromatic N) is 1. The van der Waals surface area contributed by atoms with E-state index in [9.17, 15) is 0 Å². The second-order valence-electron chi connectivity index (χ2n) is 5.99. The molecule has 0 aromatic heterocycles. The predicted molar refractivity (Wildman–Crippen MR) is 90.0 cm³/mol. The minimum absolute atomic E-state index is 0.321. The summed E-state index contributed by atoms with van der Waals surface area (Å²) in [7, 11) is 0. The largest absolute Gasteiger partial charge is 0.377 e. The van der Waals surface area contributed by atoms with E-state index in [1.54, 1.807) is 0 Å². The van der Waals surface area contributed by atoms with Crippen molar-refractivity contribution in [1.29, 1.82) is 0 Å². The van der Waals surface area contributed by atoms with Crippen LogP contribution in [0.15, 0.2) is 24.3 Å². The topological polar surface area (TPSA) is 24.5 Å². The minimum atomic E-state index is 0.321. The lowest BCUT2D eigenvalue weighted by Crippen LogP contribution is -2.30. The molecule has 1 aliphatic heterocycles. The summed E-state index contributed by atoms with van der Waals surface area (Å²) in [6, 6.07) is 9.57. The molecule has 1 aromatic rings. The third-order valence-electron chi connectivity index (χ3n) is 4.16. The maximum absolute atomic E-state index is 5.73. The molecule has 1 N–H and O–H groups in total. The molecule has 3 heteroatoms. The molecule has 0 bridgehead atoms. The number of hydrogen-bond donors (Lipinski definition) is 1. The number of anilines is 1. The molecule has 3 nitrogen and oxygen atoms in total. The van der Waals surface area contributed by atoms with Crippen molar-refractivity contribution in [3.05, 3.63) is 29.8 Å². The van der Waals surface area contributed by atoms with Gasteiger partial charge in [-0.25, -0.2) is 0 Å². The van der Waals surface area contributed by atoms with Gasteiger partial charge >= 0.3 is 0 Å². The van der Waals surface area contributed by atoms with Gasteiger partial charge < -0.3 is 15.0 Å². The molecule has 0 amide bonds. The number of rotatable bonds is 6. The summed E-state index contributed by atoms with van der Waals surface area (Å²) in [5, 5.41) is 3.62. The Morgan fingerprint density at radius 3 is 2.71 bits per heavy atom. The van der Waals surface area contributed by atoms with Crippen molar-refractivity contribution < 1.29 is 4.74 Å². The summed E-state index contributed by atoms with van der Waals surface area (Å²) in [5.41, 5.74) is 2.72. The van der Waals surface area contributed by atoms with Crippen LogP contribution in [0, 0.1) is 0 Å². The van der Waals surface area contributed by atoms with Crippen LogP contribution in [0.1, 0.15) is 51.6 Å². The molecule has 2 unspecified atom stereocenters. The third-order valence-corrected chi connectivity index (χ3v) is 4.16. The Bertz CT molecular complexity index is 404.